The number of unbranched alkanes of at least 4 members (excludes halogenated alkanes) is 2. The molecule has 1 unspecified atom stereocenters. The quantitative estimate of drug-likeness (QED) is 0.618. The second-order valence-electron chi connectivity index (χ2n) is 4.50. The molecule has 1 heterocycles. The molecule has 1 fully saturated rings. The molecule has 1 amide bonds. The van der Waals surface area contributed by atoms with Crippen molar-refractivity contribution in [1.82, 2.24) is 10.2 Å². The van der Waals surface area contributed by atoms with Crippen LogP contribution in [0.3, 0.4) is 0 Å². The van der Waals surface area contributed by atoms with Gasteiger partial charge in [0, 0.05) is 33.3 Å². The Labute approximate surface area is 103 Å². The van der Waals surface area contributed by atoms with Gasteiger partial charge in [0.1, 0.15) is 0 Å². The van der Waals surface area contributed by atoms with Crippen LogP contribution < -0.4 is 5.32 Å². The lowest BCUT2D eigenvalue weighted by Gasteiger charge is -2.25. The van der Waals surface area contributed by atoms with Crippen molar-refractivity contribution in [3.05, 3.63) is 0 Å². The first-order valence-electron chi connectivity index (χ1n) is 6.41. The Morgan fingerprint density at radius 1 is 1.47 bits per heavy atom. The molecule has 0 spiro atoms. The lowest BCUT2D eigenvalue weighted by atomic mass is 10.2. The minimum Gasteiger partial charge on any atom is -0.396 e. The maximum atomic E-state index is 11.8. The highest BCUT2D eigenvalue weighted by Gasteiger charge is 2.19. The molecule has 0 aromatic heterocycles. The number of nitrogens with one attached hydrogen (secondary N) is 1. The molecule has 2 N–H and O–H groups in total. The van der Waals surface area contributed by atoms with Crippen molar-refractivity contribution >= 4 is 5.91 Å². The molecule has 0 aromatic rings. The van der Waals surface area contributed by atoms with Gasteiger partial charge >= 0.3 is 0 Å². The van der Waals surface area contributed by atoms with Crippen molar-refractivity contribution in [3.63, 3.8) is 0 Å². The average molecular weight is 244 g/mol. The number of aliphatic hydroxyl groups is 1. The fraction of sp³-hybridized carbons (Fsp3) is 0.917. The molecule has 1 aliphatic heterocycles. The summed E-state index contributed by atoms with van der Waals surface area (Å²) in [6, 6.07) is 0. The lowest BCUT2D eigenvalue weighted by molar-refractivity contribution is -0.133. The van der Waals surface area contributed by atoms with E-state index in [9.17, 15) is 4.79 Å². The molecule has 5 nitrogen and oxygen atoms in total. The fourth-order valence-electron chi connectivity index (χ4n) is 1.86. The number of nitrogens with zero attached hydrogens (tertiary/aromatic N) is 1. The summed E-state index contributed by atoms with van der Waals surface area (Å²) in [5.41, 5.74) is 0. The van der Waals surface area contributed by atoms with Gasteiger partial charge in [-0.25, -0.2) is 0 Å². The highest BCUT2D eigenvalue weighted by molar-refractivity contribution is 5.76. The minimum atomic E-state index is 0.0242. The minimum absolute atomic E-state index is 0.0242. The third-order valence-corrected chi connectivity index (χ3v) is 2.98. The normalized spacial score (nSPS) is 20.2. The van der Waals surface area contributed by atoms with Gasteiger partial charge in [0.05, 0.1) is 19.1 Å². The Hall–Kier alpha value is -0.650. The second-order valence-corrected chi connectivity index (χ2v) is 4.50. The van der Waals surface area contributed by atoms with E-state index in [2.05, 4.69) is 5.32 Å². The van der Waals surface area contributed by atoms with Crippen LogP contribution in [-0.4, -0.2) is 61.9 Å². The van der Waals surface area contributed by atoms with Gasteiger partial charge in [-0.05, 0) is 19.3 Å². The molecule has 1 rings (SSSR count). The number of aliphatic hydroxyl groups excluding tert-OH is 1. The van der Waals surface area contributed by atoms with Crippen LogP contribution in [0.4, 0.5) is 0 Å². The van der Waals surface area contributed by atoms with Crippen molar-refractivity contribution in [2.24, 2.45) is 0 Å². The van der Waals surface area contributed by atoms with Crippen LogP contribution in [0.5, 0.6) is 0 Å². The van der Waals surface area contributed by atoms with Crippen molar-refractivity contribution < 1.29 is 14.6 Å². The predicted molar refractivity (Wildman–Crippen MR) is 65.8 cm³/mol. The SMILES string of the molecule is CN(CCCCCO)C(=O)CC1CNCCO1. The zero-order valence-electron chi connectivity index (χ0n) is 10.7. The van der Waals surface area contributed by atoms with E-state index in [0.29, 0.717) is 13.0 Å². The topological polar surface area (TPSA) is 61.8 Å². The van der Waals surface area contributed by atoms with E-state index in [1.54, 1.807) is 4.90 Å². The number of carbonyl (C=O) groups is 1. The Morgan fingerprint density at radius 2 is 2.29 bits per heavy atom. The molecule has 0 aliphatic carbocycles. The van der Waals surface area contributed by atoms with Gasteiger partial charge in [-0.2, -0.15) is 0 Å². The largest absolute Gasteiger partial charge is 0.396 e. The van der Waals surface area contributed by atoms with Crippen molar-refractivity contribution in [2.75, 3.05) is 39.9 Å². The monoisotopic (exact) mass is 244 g/mol. The predicted octanol–water partition coefficient (Wildman–Crippen LogP) is -0.0141. The maximum absolute atomic E-state index is 11.8. The molecular formula is C12H24N2O3. The van der Waals surface area contributed by atoms with Gasteiger partial charge in [-0.15, -0.1) is 0 Å². The summed E-state index contributed by atoms with van der Waals surface area (Å²) in [4.78, 5) is 13.6. The van der Waals surface area contributed by atoms with E-state index in [1.165, 1.54) is 0 Å². The number of hydrogen-bond acceptors (Lipinski definition) is 4. The summed E-state index contributed by atoms with van der Waals surface area (Å²) in [7, 11) is 1.83. The van der Waals surface area contributed by atoms with Crippen LogP contribution >= 0.6 is 0 Å². The number of hydrogen-bond donors (Lipinski definition) is 2. The summed E-state index contributed by atoms with van der Waals surface area (Å²) < 4.78 is 5.50. The van der Waals surface area contributed by atoms with Crippen LogP contribution in [0.2, 0.25) is 0 Å². The number of rotatable bonds is 7. The molecular weight excluding hydrogens is 220 g/mol. The van der Waals surface area contributed by atoms with E-state index in [1.807, 2.05) is 7.05 Å². The first-order chi connectivity index (χ1) is 8.24. The molecule has 5 heteroatoms. The first-order valence-corrected chi connectivity index (χ1v) is 6.41. The summed E-state index contributed by atoms with van der Waals surface area (Å²) >= 11 is 0. The standard InChI is InChI=1S/C12H24N2O3/c1-14(6-3-2-4-7-15)12(16)9-11-10-13-5-8-17-11/h11,13,15H,2-10H2,1H3. The number of carbonyl (C=O) groups excluding carboxylic acids is 1. The van der Waals surface area contributed by atoms with E-state index in [0.717, 1.165) is 38.9 Å². The summed E-state index contributed by atoms with van der Waals surface area (Å²) in [6.07, 6.45) is 3.22. The summed E-state index contributed by atoms with van der Waals surface area (Å²) in [5, 5.41) is 11.9. The molecule has 17 heavy (non-hydrogen) atoms. The van der Waals surface area contributed by atoms with Crippen molar-refractivity contribution in [1.29, 1.82) is 0 Å². The molecule has 100 valence electrons. The van der Waals surface area contributed by atoms with Gasteiger partial charge in [0.25, 0.3) is 0 Å². The number of morpholine rings is 1. The Morgan fingerprint density at radius 3 is 2.94 bits per heavy atom. The highest BCUT2D eigenvalue weighted by Crippen LogP contribution is 2.05. The zero-order chi connectivity index (χ0) is 12.5. The first kappa shape index (κ1) is 14.4. The van der Waals surface area contributed by atoms with Crippen LogP contribution in [0.15, 0.2) is 0 Å². The van der Waals surface area contributed by atoms with Crippen LogP contribution in [0, 0.1) is 0 Å². The van der Waals surface area contributed by atoms with E-state index in [-0.39, 0.29) is 18.6 Å². The molecule has 1 aliphatic rings. The van der Waals surface area contributed by atoms with Crippen molar-refractivity contribution in [2.45, 2.75) is 31.8 Å². The average Bonchev–Trinajstić information content (AvgIpc) is 2.35. The summed E-state index contributed by atoms with van der Waals surface area (Å²) in [5.74, 6) is 0.141. The highest BCUT2D eigenvalue weighted by atomic mass is 16.5. The van der Waals surface area contributed by atoms with Crippen LogP contribution in [0.25, 0.3) is 0 Å². The van der Waals surface area contributed by atoms with Crippen LogP contribution in [-0.2, 0) is 9.53 Å². The number of amides is 1. The van der Waals surface area contributed by atoms with Crippen molar-refractivity contribution in [3.8, 4) is 0 Å². The Kier molecular flexibility index (Phi) is 7.16. The fourth-order valence-corrected chi connectivity index (χ4v) is 1.86. The van der Waals surface area contributed by atoms with Crippen LogP contribution in [0.1, 0.15) is 25.7 Å². The molecule has 1 saturated heterocycles. The maximum Gasteiger partial charge on any atom is 0.224 e. The van der Waals surface area contributed by atoms with E-state index < -0.39 is 0 Å². The molecule has 0 radical (unpaired) electrons. The lowest BCUT2D eigenvalue weighted by Crippen LogP contribution is -2.41. The van der Waals surface area contributed by atoms with E-state index >= 15 is 0 Å². The summed E-state index contributed by atoms with van der Waals surface area (Å²) in [6.45, 7) is 3.34. The molecule has 0 saturated carbocycles. The number of ether oxygens (including phenoxy) is 1. The van der Waals surface area contributed by atoms with Gasteiger partial charge in [0.15, 0.2) is 0 Å². The molecule has 0 bridgehead atoms. The van der Waals surface area contributed by atoms with Gasteiger partial charge < -0.3 is 20.1 Å². The van der Waals surface area contributed by atoms with Gasteiger partial charge in [-0.3, -0.25) is 4.79 Å². The third-order valence-electron chi connectivity index (χ3n) is 2.98. The molecule has 0 aromatic carbocycles. The molecule has 1 atom stereocenters. The Bertz CT molecular complexity index is 218. The third kappa shape index (κ3) is 6.00. The smallest absolute Gasteiger partial charge is 0.224 e. The second kappa shape index (κ2) is 8.44. The van der Waals surface area contributed by atoms with Gasteiger partial charge in [-0.1, -0.05) is 0 Å². The Balaban J connectivity index is 2.12. The van der Waals surface area contributed by atoms with E-state index in [4.69, 9.17) is 9.84 Å². The van der Waals surface area contributed by atoms with Gasteiger partial charge in [0.2, 0.25) is 5.91 Å². The zero-order valence-corrected chi connectivity index (χ0v) is 10.7.